The van der Waals surface area contributed by atoms with E-state index in [0.29, 0.717) is 25.7 Å². The van der Waals surface area contributed by atoms with Crippen molar-refractivity contribution >= 4 is 23.4 Å². The van der Waals surface area contributed by atoms with Crippen LogP contribution < -0.4 is 5.32 Å². The van der Waals surface area contributed by atoms with Crippen molar-refractivity contribution in [2.45, 2.75) is 65.6 Å². The van der Waals surface area contributed by atoms with E-state index in [1.54, 1.807) is 11.3 Å². The van der Waals surface area contributed by atoms with Gasteiger partial charge >= 0.3 is 6.09 Å². The van der Waals surface area contributed by atoms with Crippen molar-refractivity contribution in [1.29, 1.82) is 0 Å². The first-order chi connectivity index (χ1) is 12.7. The fourth-order valence-corrected chi connectivity index (χ4v) is 3.27. The number of thiazole rings is 1. The number of rotatable bonds is 7. The standard InChI is InChI=1S/C19H33N5O2S/c1-7-20-17(23(6)12-15-13-27-14(2)22-15)21-10-11-24(16-8-9-16)18(25)26-19(3,4)5/h13,16H,7-12H2,1-6H3,(H,20,21). The molecule has 0 aromatic carbocycles. The van der Waals surface area contributed by atoms with Crippen molar-refractivity contribution in [3.05, 3.63) is 16.1 Å². The molecule has 0 atom stereocenters. The number of nitrogens with one attached hydrogen (secondary N) is 1. The van der Waals surface area contributed by atoms with Gasteiger partial charge in [0.25, 0.3) is 0 Å². The van der Waals surface area contributed by atoms with Gasteiger partial charge in [0.15, 0.2) is 5.96 Å². The molecule has 0 unspecified atom stereocenters. The topological polar surface area (TPSA) is 70.1 Å². The van der Waals surface area contributed by atoms with Crippen LogP contribution >= 0.6 is 11.3 Å². The summed E-state index contributed by atoms with van der Waals surface area (Å²) in [5.41, 5.74) is 0.563. The summed E-state index contributed by atoms with van der Waals surface area (Å²) in [6, 6.07) is 0.299. The van der Waals surface area contributed by atoms with E-state index in [4.69, 9.17) is 9.73 Å². The summed E-state index contributed by atoms with van der Waals surface area (Å²) in [7, 11) is 2.00. The number of carbonyl (C=O) groups excluding carboxylic acids is 1. The molecule has 1 amide bonds. The zero-order valence-corrected chi connectivity index (χ0v) is 18.2. The highest BCUT2D eigenvalue weighted by Gasteiger charge is 2.34. The lowest BCUT2D eigenvalue weighted by molar-refractivity contribution is 0.0240. The van der Waals surface area contributed by atoms with Crippen molar-refractivity contribution in [1.82, 2.24) is 20.1 Å². The first kappa shape index (κ1) is 21.5. The van der Waals surface area contributed by atoms with Gasteiger partial charge in [-0.15, -0.1) is 11.3 Å². The lowest BCUT2D eigenvalue weighted by atomic mass is 10.2. The maximum atomic E-state index is 12.4. The number of aromatic nitrogens is 1. The molecular formula is C19H33N5O2S. The molecule has 0 bridgehead atoms. The lowest BCUT2D eigenvalue weighted by Crippen LogP contribution is -2.41. The Hall–Kier alpha value is -1.83. The Kier molecular flexibility index (Phi) is 7.47. The summed E-state index contributed by atoms with van der Waals surface area (Å²) >= 11 is 1.65. The van der Waals surface area contributed by atoms with Crippen molar-refractivity contribution in [3.8, 4) is 0 Å². The second-order valence-electron chi connectivity index (χ2n) is 7.85. The highest BCUT2D eigenvalue weighted by molar-refractivity contribution is 7.09. The molecular weight excluding hydrogens is 362 g/mol. The van der Waals surface area contributed by atoms with E-state index in [2.05, 4.69) is 20.6 Å². The van der Waals surface area contributed by atoms with Crippen LogP contribution in [0, 0.1) is 6.92 Å². The van der Waals surface area contributed by atoms with E-state index in [1.807, 2.05) is 46.6 Å². The van der Waals surface area contributed by atoms with E-state index in [9.17, 15) is 4.79 Å². The van der Waals surface area contributed by atoms with Crippen LogP contribution in [-0.2, 0) is 11.3 Å². The van der Waals surface area contributed by atoms with Gasteiger partial charge in [0.2, 0.25) is 0 Å². The van der Waals surface area contributed by atoms with Crippen LogP contribution in [0.3, 0.4) is 0 Å². The highest BCUT2D eigenvalue weighted by atomic mass is 32.1. The molecule has 0 spiro atoms. The van der Waals surface area contributed by atoms with E-state index in [0.717, 1.165) is 36.0 Å². The van der Waals surface area contributed by atoms with Gasteiger partial charge in [-0.1, -0.05) is 0 Å². The minimum Gasteiger partial charge on any atom is -0.444 e. The van der Waals surface area contributed by atoms with Crippen LogP contribution in [0.15, 0.2) is 10.4 Å². The summed E-state index contributed by atoms with van der Waals surface area (Å²) in [6.45, 7) is 12.3. The third kappa shape index (κ3) is 7.36. The minimum absolute atomic E-state index is 0.239. The van der Waals surface area contributed by atoms with Gasteiger partial charge in [-0.3, -0.25) is 4.99 Å². The summed E-state index contributed by atoms with van der Waals surface area (Å²) in [4.78, 5) is 25.5. The molecule has 1 aliphatic rings. The molecule has 1 N–H and O–H groups in total. The molecule has 0 radical (unpaired) electrons. The van der Waals surface area contributed by atoms with Gasteiger partial charge in [0, 0.05) is 31.6 Å². The van der Waals surface area contributed by atoms with E-state index in [-0.39, 0.29) is 6.09 Å². The minimum atomic E-state index is -0.478. The monoisotopic (exact) mass is 395 g/mol. The number of amides is 1. The smallest absolute Gasteiger partial charge is 0.410 e. The van der Waals surface area contributed by atoms with Crippen LogP contribution in [0.5, 0.6) is 0 Å². The second-order valence-corrected chi connectivity index (χ2v) is 8.92. The summed E-state index contributed by atoms with van der Waals surface area (Å²) in [5, 5.41) is 6.46. The van der Waals surface area contributed by atoms with Crippen LogP contribution in [0.2, 0.25) is 0 Å². The number of guanidine groups is 1. The number of aryl methyl sites for hydroxylation is 1. The highest BCUT2D eigenvalue weighted by Crippen LogP contribution is 2.28. The molecule has 1 aromatic rings. The zero-order chi connectivity index (χ0) is 20.0. The van der Waals surface area contributed by atoms with Gasteiger partial charge in [-0.25, -0.2) is 9.78 Å². The summed E-state index contributed by atoms with van der Waals surface area (Å²) in [6.07, 6.45) is 1.86. The van der Waals surface area contributed by atoms with E-state index in [1.165, 1.54) is 0 Å². The molecule has 1 saturated carbocycles. The Bertz CT molecular complexity index is 649. The quantitative estimate of drug-likeness (QED) is 0.567. The van der Waals surface area contributed by atoms with Crippen molar-refractivity contribution in [2.24, 2.45) is 4.99 Å². The predicted molar refractivity (Wildman–Crippen MR) is 110 cm³/mol. The molecule has 0 saturated heterocycles. The van der Waals surface area contributed by atoms with Gasteiger partial charge in [-0.05, 0) is 47.5 Å². The largest absolute Gasteiger partial charge is 0.444 e. The number of nitrogens with zero attached hydrogens (tertiary/aromatic N) is 4. The SMILES string of the molecule is CCNC(=NCCN(C(=O)OC(C)(C)C)C1CC1)N(C)Cc1csc(C)n1. The van der Waals surface area contributed by atoms with Crippen molar-refractivity contribution < 1.29 is 9.53 Å². The van der Waals surface area contributed by atoms with Crippen LogP contribution in [-0.4, -0.2) is 65.2 Å². The predicted octanol–water partition coefficient (Wildman–Crippen LogP) is 3.25. The average Bonchev–Trinajstić information content (AvgIpc) is 3.31. The van der Waals surface area contributed by atoms with Gasteiger partial charge in [0.05, 0.1) is 23.8 Å². The first-order valence-electron chi connectivity index (χ1n) is 9.59. The number of aliphatic imine (C=N–C) groups is 1. The molecule has 2 rings (SSSR count). The summed E-state index contributed by atoms with van der Waals surface area (Å²) < 4.78 is 5.54. The zero-order valence-electron chi connectivity index (χ0n) is 17.4. The van der Waals surface area contributed by atoms with Gasteiger partial charge in [0.1, 0.15) is 5.60 Å². The van der Waals surface area contributed by atoms with Crippen LogP contribution in [0.25, 0.3) is 0 Å². The molecule has 0 aliphatic heterocycles. The second kappa shape index (κ2) is 9.39. The first-order valence-corrected chi connectivity index (χ1v) is 10.5. The molecule has 1 aliphatic carbocycles. The Labute approximate surface area is 166 Å². The molecule has 152 valence electrons. The molecule has 1 heterocycles. The molecule has 7 nitrogen and oxygen atoms in total. The third-order valence-corrected chi connectivity index (χ3v) is 4.80. The van der Waals surface area contributed by atoms with Gasteiger partial charge in [-0.2, -0.15) is 0 Å². The van der Waals surface area contributed by atoms with Gasteiger partial charge < -0.3 is 19.9 Å². The van der Waals surface area contributed by atoms with E-state index < -0.39 is 5.60 Å². The average molecular weight is 396 g/mol. The number of ether oxygens (including phenoxy) is 1. The lowest BCUT2D eigenvalue weighted by Gasteiger charge is -2.27. The Morgan fingerprint density at radius 1 is 1.44 bits per heavy atom. The molecule has 1 fully saturated rings. The maximum absolute atomic E-state index is 12.4. The van der Waals surface area contributed by atoms with E-state index >= 15 is 0 Å². The molecule has 27 heavy (non-hydrogen) atoms. The molecule has 1 aromatic heterocycles. The van der Waals surface area contributed by atoms with Crippen LogP contribution in [0.1, 0.15) is 51.2 Å². The number of hydrogen-bond donors (Lipinski definition) is 1. The van der Waals surface area contributed by atoms with Crippen molar-refractivity contribution in [3.63, 3.8) is 0 Å². The van der Waals surface area contributed by atoms with Crippen LogP contribution in [0.4, 0.5) is 4.79 Å². The fraction of sp³-hybridized carbons (Fsp3) is 0.737. The maximum Gasteiger partial charge on any atom is 0.410 e. The normalized spacial score (nSPS) is 14.8. The Morgan fingerprint density at radius 2 is 2.15 bits per heavy atom. The summed E-state index contributed by atoms with van der Waals surface area (Å²) in [5.74, 6) is 0.822. The third-order valence-electron chi connectivity index (χ3n) is 3.98. The molecule has 8 heteroatoms. The number of carbonyl (C=O) groups is 1. The fourth-order valence-electron chi connectivity index (χ4n) is 2.66. The Morgan fingerprint density at radius 3 is 2.67 bits per heavy atom. The number of hydrogen-bond acceptors (Lipinski definition) is 5. The van der Waals surface area contributed by atoms with Crippen molar-refractivity contribution in [2.75, 3.05) is 26.7 Å². The Balaban J connectivity index is 1.94.